The van der Waals surface area contributed by atoms with Crippen molar-refractivity contribution in [2.75, 3.05) is 9.80 Å². The molecule has 73 heavy (non-hydrogen) atoms. The van der Waals surface area contributed by atoms with E-state index in [1.54, 1.807) is 0 Å². The Hall–Kier alpha value is -8.92. The van der Waals surface area contributed by atoms with Gasteiger partial charge in [0, 0.05) is 38.7 Å². The van der Waals surface area contributed by atoms with Crippen molar-refractivity contribution in [3.8, 4) is 44.5 Å². The Morgan fingerprint density at radius 1 is 0.315 bits per heavy atom. The van der Waals surface area contributed by atoms with Gasteiger partial charge in [0.2, 0.25) is 0 Å². The lowest BCUT2D eigenvalue weighted by Gasteiger charge is -2.50. The van der Waals surface area contributed by atoms with Gasteiger partial charge >= 0.3 is 0 Å². The lowest BCUT2D eigenvalue weighted by molar-refractivity contribution is 0.598. The Kier molecular flexibility index (Phi) is 9.59. The Morgan fingerprint density at radius 2 is 0.726 bits per heavy atom. The van der Waals surface area contributed by atoms with Crippen LogP contribution in [0.15, 0.2) is 247 Å². The van der Waals surface area contributed by atoms with Crippen LogP contribution >= 0.6 is 0 Å². The van der Waals surface area contributed by atoms with E-state index >= 15 is 0 Å². The third kappa shape index (κ3) is 6.87. The first kappa shape index (κ1) is 42.9. The zero-order chi connectivity index (χ0) is 49.0. The smallest absolute Gasteiger partial charge is 0.135 e. The van der Waals surface area contributed by atoms with E-state index in [4.69, 9.17) is 4.42 Å². The van der Waals surface area contributed by atoms with Crippen molar-refractivity contribution < 1.29 is 4.42 Å². The van der Waals surface area contributed by atoms with Gasteiger partial charge in [-0.3, -0.25) is 0 Å². The highest BCUT2D eigenvalue weighted by molar-refractivity contribution is 6.08. The maximum atomic E-state index is 6.68. The summed E-state index contributed by atoms with van der Waals surface area (Å²) in [7, 11) is 0. The molecule has 11 aromatic carbocycles. The van der Waals surface area contributed by atoms with E-state index in [1.165, 1.54) is 89.0 Å². The molecule has 0 amide bonds. The molecule has 3 heteroatoms. The fraction of sp³-hybridized carbons (Fsp3) is 0.0857. The molecule has 0 saturated carbocycles. The minimum absolute atomic E-state index is 0.318. The Labute approximate surface area is 426 Å². The SMILES string of the molecule is CC1(C)c2cc(-c3ccccc3)ccc2N2c3ccc(-c4ccccc4)cc3C(C)(C)c3cc(-c4ccc5oc6ccc(N(c7ccc(-c8ccccc8)cc7)c7ccc8ccccc8c7)cc6c5c4)cc1c32. The van der Waals surface area contributed by atoms with Gasteiger partial charge in [-0.1, -0.05) is 179 Å². The lowest BCUT2D eigenvalue weighted by Crippen LogP contribution is -2.38. The maximum absolute atomic E-state index is 6.68. The van der Waals surface area contributed by atoms with Crippen molar-refractivity contribution in [3.63, 3.8) is 0 Å². The highest BCUT2D eigenvalue weighted by atomic mass is 16.3. The van der Waals surface area contributed by atoms with Crippen LogP contribution in [0.4, 0.5) is 34.1 Å². The molecule has 0 aliphatic carbocycles. The summed E-state index contributed by atoms with van der Waals surface area (Å²) in [5.41, 5.74) is 23.0. The predicted octanol–water partition coefficient (Wildman–Crippen LogP) is 19.6. The fourth-order valence-corrected chi connectivity index (χ4v) is 12.0. The van der Waals surface area contributed by atoms with E-state index in [2.05, 4.69) is 280 Å². The van der Waals surface area contributed by atoms with Crippen LogP contribution in [0.1, 0.15) is 49.9 Å². The summed E-state index contributed by atoms with van der Waals surface area (Å²) in [4.78, 5) is 4.94. The molecular weight excluding hydrogens is 885 g/mol. The molecule has 3 heterocycles. The van der Waals surface area contributed by atoms with E-state index in [1.807, 2.05) is 0 Å². The third-order valence-electron chi connectivity index (χ3n) is 16.0. The van der Waals surface area contributed by atoms with Gasteiger partial charge in [0.25, 0.3) is 0 Å². The molecule has 348 valence electrons. The second-order valence-electron chi connectivity index (χ2n) is 21.0. The summed E-state index contributed by atoms with van der Waals surface area (Å²) in [5, 5.41) is 4.59. The number of furan rings is 1. The molecule has 1 aromatic heterocycles. The van der Waals surface area contributed by atoms with Crippen LogP contribution in [-0.4, -0.2) is 0 Å². The lowest BCUT2D eigenvalue weighted by atomic mass is 9.65. The molecule has 12 aromatic rings. The van der Waals surface area contributed by atoms with Crippen LogP contribution in [-0.2, 0) is 10.8 Å². The number of anilines is 6. The average Bonchev–Trinajstić information content (AvgIpc) is 3.81. The van der Waals surface area contributed by atoms with Crippen LogP contribution in [0.2, 0.25) is 0 Å². The molecule has 0 saturated heterocycles. The normalized spacial score (nSPS) is 13.9. The predicted molar refractivity (Wildman–Crippen MR) is 307 cm³/mol. The Morgan fingerprint density at radius 3 is 1.32 bits per heavy atom. The van der Waals surface area contributed by atoms with Gasteiger partial charge in [0.15, 0.2) is 0 Å². The first-order chi connectivity index (χ1) is 35.7. The minimum atomic E-state index is -0.318. The quantitative estimate of drug-likeness (QED) is 0.159. The van der Waals surface area contributed by atoms with Crippen molar-refractivity contribution in [2.24, 2.45) is 0 Å². The Balaban J connectivity index is 0.940. The second-order valence-corrected chi connectivity index (χ2v) is 21.0. The summed E-state index contributed by atoms with van der Waals surface area (Å²) in [6, 6.07) is 89.1. The van der Waals surface area contributed by atoms with Crippen molar-refractivity contribution in [1.82, 2.24) is 0 Å². The molecule has 14 rings (SSSR count). The summed E-state index contributed by atoms with van der Waals surface area (Å²) in [6.07, 6.45) is 0. The second kappa shape index (κ2) is 16.3. The van der Waals surface area contributed by atoms with Gasteiger partial charge in [-0.05, 0) is 169 Å². The van der Waals surface area contributed by atoms with Gasteiger partial charge in [-0.15, -0.1) is 0 Å². The number of fused-ring (bicyclic) bond motifs is 8. The van der Waals surface area contributed by atoms with E-state index in [-0.39, 0.29) is 10.8 Å². The number of nitrogens with zero attached hydrogens (tertiary/aromatic N) is 2. The topological polar surface area (TPSA) is 19.6 Å². The molecule has 0 N–H and O–H groups in total. The summed E-state index contributed by atoms with van der Waals surface area (Å²) in [5.74, 6) is 0. The molecule has 0 unspecified atom stereocenters. The van der Waals surface area contributed by atoms with Crippen molar-refractivity contribution in [1.29, 1.82) is 0 Å². The molecule has 0 spiro atoms. The molecule has 2 aliphatic rings. The summed E-state index contributed by atoms with van der Waals surface area (Å²) in [6.45, 7) is 9.68. The molecule has 0 radical (unpaired) electrons. The highest BCUT2D eigenvalue weighted by Crippen LogP contribution is 2.61. The summed E-state index contributed by atoms with van der Waals surface area (Å²) < 4.78 is 6.68. The number of benzene rings is 11. The number of hydrogen-bond donors (Lipinski definition) is 0. The van der Waals surface area contributed by atoms with E-state index < -0.39 is 0 Å². The van der Waals surface area contributed by atoms with Crippen molar-refractivity contribution in [2.45, 2.75) is 38.5 Å². The van der Waals surface area contributed by atoms with Gasteiger partial charge in [0.1, 0.15) is 11.2 Å². The van der Waals surface area contributed by atoms with Crippen LogP contribution in [0.25, 0.3) is 77.2 Å². The van der Waals surface area contributed by atoms with E-state index in [0.717, 1.165) is 44.6 Å². The van der Waals surface area contributed by atoms with Crippen molar-refractivity contribution in [3.05, 3.63) is 265 Å². The third-order valence-corrected chi connectivity index (χ3v) is 16.0. The van der Waals surface area contributed by atoms with Crippen LogP contribution in [0.3, 0.4) is 0 Å². The van der Waals surface area contributed by atoms with Gasteiger partial charge < -0.3 is 14.2 Å². The molecule has 3 nitrogen and oxygen atoms in total. The maximum Gasteiger partial charge on any atom is 0.135 e. The van der Waals surface area contributed by atoms with Gasteiger partial charge in [0.05, 0.1) is 17.1 Å². The van der Waals surface area contributed by atoms with Crippen molar-refractivity contribution >= 4 is 66.8 Å². The molecule has 0 atom stereocenters. The zero-order valence-corrected chi connectivity index (χ0v) is 41.4. The van der Waals surface area contributed by atoms with E-state index in [0.29, 0.717) is 0 Å². The fourth-order valence-electron chi connectivity index (χ4n) is 12.0. The summed E-state index contributed by atoms with van der Waals surface area (Å²) >= 11 is 0. The number of rotatable bonds is 7. The first-order valence-corrected chi connectivity index (χ1v) is 25.5. The average molecular weight is 937 g/mol. The Bertz CT molecular complexity index is 4010. The van der Waals surface area contributed by atoms with Crippen LogP contribution in [0, 0.1) is 0 Å². The standard InChI is InChI=1S/C70H52N2O/c1-69(2)60-40-52(46-18-10-6-11-19-46)27-34-64(60)72-65-35-28-53(47-20-12-7-13-21-47)41-61(65)70(3,4)63-43-54(42-62(69)68(63)72)51-29-36-66-58(39-51)59-44-57(33-37-67(59)73-66)71(56-32-26-48-22-14-15-23-50(48)38-56)55-30-24-49(25-31-55)45-16-8-5-9-17-45/h5-44H,1-4H3. The van der Waals surface area contributed by atoms with Crippen LogP contribution < -0.4 is 9.80 Å². The van der Waals surface area contributed by atoms with E-state index in [9.17, 15) is 0 Å². The monoisotopic (exact) mass is 936 g/mol. The van der Waals surface area contributed by atoms with Gasteiger partial charge in [-0.25, -0.2) is 0 Å². The highest BCUT2D eigenvalue weighted by Gasteiger charge is 2.46. The number of hydrogen-bond acceptors (Lipinski definition) is 3. The molecular formula is C70H52N2O. The van der Waals surface area contributed by atoms with Gasteiger partial charge in [-0.2, -0.15) is 0 Å². The van der Waals surface area contributed by atoms with Crippen LogP contribution in [0.5, 0.6) is 0 Å². The minimum Gasteiger partial charge on any atom is -0.456 e. The zero-order valence-electron chi connectivity index (χ0n) is 41.4. The molecule has 0 fully saturated rings. The largest absolute Gasteiger partial charge is 0.456 e. The molecule has 2 aliphatic heterocycles. The molecule has 0 bridgehead atoms. The first-order valence-electron chi connectivity index (χ1n) is 25.5.